The molecule has 0 unspecified atom stereocenters. The van der Waals surface area contributed by atoms with Gasteiger partial charge in [0, 0.05) is 27.7 Å². The maximum absolute atomic E-state index is 12.3. The van der Waals surface area contributed by atoms with Crippen molar-refractivity contribution in [2.24, 2.45) is 0 Å². The van der Waals surface area contributed by atoms with Gasteiger partial charge < -0.3 is 4.57 Å². The Balaban J connectivity index is 1.90. The number of nitriles is 1. The van der Waals surface area contributed by atoms with E-state index in [1.54, 1.807) is 30.3 Å². The van der Waals surface area contributed by atoms with Crippen molar-refractivity contribution in [3.63, 3.8) is 0 Å². The Morgan fingerprint density at radius 3 is 2.62 bits per heavy atom. The Labute approximate surface area is 127 Å². The van der Waals surface area contributed by atoms with E-state index in [4.69, 9.17) is 16.9 Å². The van der Waals surface area contributed by atoms with Crippen LogP contribution in [0.5, 0.6) is 0 Å². The maximum atomic E-state index is 12.3. The van der Waals surface area contributed by atoms with Crippen molar-refractivity contribution < 1.29 is 4.79 Å². The minimum absolute atomic E-state index is 0.0218. The summed E-state index contributed by atoms with van der Waals surface area (Å²) in [6.07, 6.45) is 1.86. The van der Waals surface area contributed by atoms with Gasteiger partial charge in [0.2, 0.25) is 0 Å². The molecule has 2 aromatic carbocycles. The number of hydrogen-bond acceptors (Lipinski definition) is 2. The Hall–Kier alpha value is -2.57. The van der Waals surface area contributed by atoms with E-state index in [0.29, 0.717) is 16.1 Å². The van der Waals surface area contributed by atoms with E-state index in [1.807, 2.05) is 29.0 Å². The summed E-state index contributed by atoms with van der Waals surface area (Å²) in [4.78, 5) is 12.3. The summed E-state index contributed by atoms with van der Waals surface area (Å²) in [7, 11) is 0. The standard InChI is InChI=1S/C17H11ClN2O/c18-15-4-2-13(3-5-15)17(21)11-20-8-7-14-9-12(10-19)1-6-16(14)20/h1-9H,11H2. The molecule has 0 N–H and O–H groups in total. The molecule has 0 aliphatic rings. The lowest BCUT2D eigenvalue weighted by Crippen LogP contribution is -2.09. The van der Waals surface area contributed by atoms with Gasteiger partial charge in [-0.05, 0) is 48.5 Å². The molecule has 0 saturated heterocycles. The van der Waals surface area contributed by atoms with E-state index in [0.717, 1.165) is 10.9 Å². The molecule has 21 heavy (non-hydrogen) atoms. The van der Waals surface area contributed by atoms with Crippen molar-refractivity contribution in [2.45, 2.75) is 6.54 Å². The highest BCUT2D eigenvalue weighted by molar-refractivity contribution is 6.30. The average Bonchev–Trinajstić information content (AvgIpc) is 2.90. The largest absolute Gasteiger partial charge is 0.340 e. The topological polar surface area (TPSA) is 45.8 Å². The van der Waals surface area contributed by atoms with Gasteiger partial charge in [0.25, 0.3) is 0 Å². The third-order valence-electron chi connectivity index (χ3n) is 3.38. The zero-order valence-electron chi connectivity index (χ0n) is 11.1. The predicted octanol–water partition coefficient (Wildman–Crippen LogP) is 4.05. The molecular weight excluding hydrogens is 284 g/mol. The molecule has 0 saturated carbocycles. The second-order valence-electron chi connectivity index (χ2n) is 4.76. The third-order valence-corrected chi connectivity index (χ3v) is 3.63. The van der Waals surface area contributed by atoms with Crippen molar-refractivity contribution >= 4 is 28.3 Å². The van der Waals surface area contributed by atoms with Gasteiger partial charge >= 0.3 is 0 Å². The quantitative estimate of drug-likeness (QED) is 0.684. The van der Waals surface area contributed by atoms with Gasteiger partial charge in [-0.1, -0.05) is 11.6 Å². The molecular formula is C17H11ClN2O. The van der Waals surface area contributed by atoms with Crippen LogP contribution in [0, 0.1) is 11.3 Å². The molecule has 3 rings (SSSR count). The van der Waals surface area contributed by atoms with Crippen molar-refractivity contribution in [1.29, 1.82) is 5.26 Å². The fourth-order valence-corrected chi connectivity index (χ4v) is 2.42. The number of carbonyl (C=O) groups is 1. The Morgan fingerprint density at radius 1 is 1.14 bits per heavy atom. The molecule has 0 atom stereocenters. The molecule has 0 radical (unpaired) electrons. The first-order valence-corrected chi connectivity index (χ1v) is 6.83. The number of ketones is 1. The Morgan fingerprint density at radius 2 is 1.90 bits per heavy atom. The van der Waals surface area contributed by atoms with E-state index in [2.05, 4.69) is 6.07 Å². The summed E-state index contributed by atoms with van der Waals surface area (Å²) in [6.45, 7) is 0.261. The van der Waals surface area contributed by atoms with Crippen LogP contribution in [0.25, 0.3) is 10.9 Å². The molecule has 0 aliphatic carbocycles. The highest BCUT2D eigenvalue weighted by atomic mass is 35.5. The highest BCUT2D eigenvalue weighted by Gasteiger charge is 2.09. The Bertz CT molecular complexity index is 857. The molecule has 0 fully saturated rings. The lowest BCUT2D eigenvalue weighted by Gasteiger charge is -2.05. The van der Waals surface area contributed by atoms with Crippen LogP contribution in [-0.2, 0) is 6.54 Å². The number of fused-ring (bicyclic) bond motifs is 1. The first kappa shape index (κ1) is 13.4. The monoisotopic (exact) mass is 294 g/mol. The van der Waals surface area contributed by atoms with Gasteiger partial charge in [-0.2, -0.15) is 5.26 Å². The van der Waals surface area contributed by atoms with Crippen LogP contribution in [-0.4, -0.2) is 10.4 Å². The summed E-state index contributed by atoms with van der Waals surface area (Å²) < 4.78 is 1.88. The van der Waals surface area contributed by atoms with Crippen LogP contribution in [0.4, 0.5) is 0 Å². The second-order valence-corrected chi connectivity index (χ2v) is 5.20. The van der Waals surface area contributed by atoms with E-state index in [-0.39, 0.29) is 12.3 Å². The lowest BCUT2D eigenvalue weighted by molar-refractivity contribution is 0.0973. The summed E-state index contributed by atoms with van der Waals surface area (Å²) >= 11 is 5.82. The zero-order chi connectivity index (χ0) is 14.8. The van der Waals surface area contributed by atoms with Crippen molar-refractivity contribution in [1.82, 2.24) is 4.57 Å². The number of Topliss-reactive ketones (excluding diaryl/α,β-unsaturated/α-hetero) is 1. The minimum Gasteiger partial charge on any atom is -0.340 e. The molecule has 0 aliphatic heterocycles. The molecule has 4 heteroatoms. The smallest absolute Gasteiger partial charge is 0.182 e. The van der Waals surface area contributed by atoms with Crippen LogP contribution in [0.3, 0.4) is 0 Å². The normalized spacial score (nSPS) is 10.5. The summed E-state index contributed by atoms with van der Waals surface area (Å²) in [5.74, 6) is 0.0218. The van der Waals surface area contributed by atoms with Gasteiger partial charge in [-0.25, -0.2) is 0 Å². The van der Waals surface area contributed by atoms with Gasteiger partial charge in [0.1, 0.15) is 0 Å². The zero-order valence-corrected chi connectivity index (χ0v) is 11.8. The summed E-state index contributed by atoms with van der Waals surface area (Å²) in [6, 6.07) is 16.3. The van der Waals surface area contributed by atoms with Crippen molar-refractivity contribution in [3.8, 4) is 6.07 Å². The van der Waals surface area contributed by atoms with Crippen LogP contribution < -0.4 is 0 Å². The van der Waals surface area contributed by atoms with E-state index in [1.165, 1.54) is 0 Å². The van der Waals surface area contributed by atoms with E-state index < -0.39 is 0 Å². The van der Waals surface area contributed by atoms with Crippen LogP contribution in [0.2, 0.25) is 5.02 Å². The number of hydrogen-bond donors (Lipinski definition) is 0. The van der Waals surface area contributed by atoms with Crippen LogP contribution >= 0.6 is 11.6 Å². The number of rotatable bonds is 3. The highest BCUT2D eigenvalue weighted by Crippen LogP contribution is 2.18. The molecule has 3 nitrogen and oxygen atoms in total. The number of benzene rings is 2. The summed E-state index contributed by atoms with van der Waals surface area (Å²) in [5, 5.41) is 10.5. The van der Waals surface area contributed by atoms with Crippen molar-refractivity contribution in [3.05, 3.63) is 70.9 Å². The van der Waals surface area contributed by atoms with E-state index in [9.17, 15) is 4.79 Å². The first-order valence-electron chi connectivity index (χ1n) is 6.45. The Kier molecular flexibility index (Phi) is 3.47. The fraction of sp³-hybridized carbons (Fsp3) is 0.0588. The number of halogens is 1. The molecule has 0 spiro atoms. The minimum atomic E-state index is 0.0218. The molecule has 102 valence electrons. The molecule has 3 aromatic rings. The number of nitrogens with zero attached hydrogens (tertiary/aromatic N) is 2. The summed E-state index contributed by atoms with van der Waals surface area (Å²) in [5.41, 5.74) is 2.19. The molecule has 0 amide bonds. The average molecular weight is 295 g/mol. The molecule has 1 heterocycles. The second kappa shape index (κ2) is 5.43. The SMILES string of the molecule is N#Cc1ccc2c(ccn2CC(=O)c2ccc(Cl)cc2)c1. The van der Waals surface area contributed by atoms with Gasteiger partial charge in [-0.3, -0.25) is 4.79 Å². The number of aromatic nitrogens is 1. The maximum Gasteiger partial charge on any atom is 0.182 e. The first-order chi connectivity index (χ1) is 10.2. The third kappa shape index (κ3) is 2.67. The lowest BCUT2D eigenvalue weighted by atomic mass is 10.1. The van der Waals surface area contributed by atoms with Gasteiger partial charge in [-0.15, -0.1) is 0 Å². The van der Waals surface area contributed by atoms with Crippen molar-refractivity contribution in [2.75, 3.05) is 0 Å². The van der Waals surface area contributed by atoms with Gasteiger partial charge in [0.15, 0.2) is 5.78 Å². The molecule has 0 bridgehead atoms. The molecule has 1 aromatic heterocycles. The van der Waals surface area contributed by atoms with E-state index >= 15 is 0 Å². The van der Waals surface area contributed by atoms with Crippen LogP contribution in [0.15, 0.2) is 54.7 Å². The van der Waals surface area contributed by atoms with Gasteiger partial charge in [0.05, 0.1) is 18.2 Å². The number of carbonyl (C=O) groups excluding carboxylic acids is 1. The predicted molar refractivity (Wildman–Crippen MR) is 82.4 cm³/mol. The van der Waals surface area contributed by atoms with Crippen LogP contribution in [0.1, 0.15) is 15.9 Å². The fourth-order valence-electron chi connectivity index (χ4n) is 2.29.